The maximum Gasteiger partial charge on any atom is 0.281 e. The third-order valence-corrected chi connectivity index (χ3v) is 4.63. The highest BCUT2D eigenvalue weighted by Gasteiger charge is 2.10. The quantitative estimate of drug-likeness (QED) is 0.720. The van der Waals surface area contributed by atoms with Gasteiger partial charge in [0.15, 0.2) is 5.01 Å². The molecule has 0 radical (unpaired) electrons. The molecule has 0 bridgehead atoms. The topological polar surface area (TPSA) is 45.2 Å². The van der Waals surface area contributed by atoms with Gasteiger partial charge in [0.25, 0.3) is 5.91 Å². The first-order valence-corrected chi connectivity index (χ1v) is 8.86. The highest BCUT2D eigenvalue weighted by Crippen LogP contribution is 2.21. The van der Waals surface area contributed by atoms with Crippen LogP contribution < -0.4 is 5.32 Å². The fourth-order valence-corrected chi connectivity index (χ4v) is 3.26. The Labute approximate surface area is 151 Å². The summed E-state index contributed by atoms with van der Waals surface area (Å²) in [6.07, 6.45) is 0. The standard InChI is InChI=1S/C20H19N3OS/c1-23(15-16-9-3-2-4-10-16)14-8-7-13-21-19(24)20-22-17-11-5-6-12-18(17)25-20/h2-6,9-12H,13-15H2,1H3,(H,21,24). The maximum absolute atomic E-state index is 12.1. The molecule has 3 rings (SSSR count). The van der Waals surface area contributed by atoms with E-state index in [-0.39, 0.29) is 5.91 Å². The first-order valence-electron chi connectivity index (χ1n) is 8.04. The van der Waals surface area contributed by atoms with E-state index in [9.17, 15) is 4.79 Å². The summed E-state index contributed by atoms with van der Waals surface area (Å²) in [5.74, 6) is 5.90. The van der Waals surface area contributed by atoms with Gasteiger partial charge in [0.2, 0.25) is 0 Å². The number of nitrogens with one attached hydrogen (secondary N) is 1. The van der Waals surface area contributed by atoms with Crippen molar-refractivity contribution in [3.05, 3.63) is 65.2 Å². The van der Waals surface area contributed by atoms with Crippen LogP contribution in [0, 0.1) is 11.8 Å². The molecule has 0 spiro atoms. The van der Waals surface area contributed by atoms with E-state index in [4.69, 9.17) is 0 Å². The van der Waals surface area contributed by atoms with Crippen molar-refractivity contribution in [3.8, 4) is 11.8 Å². The van der Waals surface area contributed by atoms with E-state index in [1.54, 1.807) is 0 Å². The van der Waals surface area contributed by atoms with Gasteiger partial charge in [-0.05, 0) is 24.7 Å². The summed E-state index contributed by atoms with van der Waals surface area (Å²) in [4.78, 5) is 18.6. The highest BCUT2D eigenvalue weighted by molar-refractivity contribution is 7.20. The van der Waals surface area contributed by atoms with E-state index in [2.05, 4.69) is 39.2 Å². The Morgan fingerprint density at radius 1 is 1.12 bits per heavy atom. The minimum Gasteiger partial charge on any atom is -0.339 e. The average Bonchev–Trinajstić information content (AvgIpc) is 3.06. The molecule has 5 heteroatoms. The Bertz CT molecular complexity index is 876. The summed E-state index contributed by atoms with van der Waals surface area (Å²) in [5.41, 5.74) is 2.11. The fraction of sp³-hybridized carbons (Fsp3) is 0.200. The number of thiazole rings is 1. The molecule has 0 aliphatic carbocycles. The van der Waals surface area contributed by atoms with E-state index < -0.39 is 0 Å². The van der Waals surface area contributed by atoms with Crippen LogP contribution in [0.1, 0.15) is 15.4 Å². The largest absolute Gasteiger partial charge is 0.339 e. The molecule has 0 saturated carbocycles. The van der Waals surface area contributed by atoms with Crippen LogP contribution in [0.3, 0.4) is 0 Å². The van der Waals surface area contributed by atoms with E-state index >= 15 is 0 Å². The lowest BCUT2D eigenvalue weighted by Crippen LogP contribution is -2.23. The monoisotopic (exact) mass is 349 g/mol. The number of hydrogen-bond acceptors (Lipinski definition) is 4. The summed E-state index contributed by atoms with van der Waals surface area (Å²) >= 11 is 1.40. The Hall–Kier alpha value is -2.68. The molecule has 126 valence electrons. The van der Waals surface area contributed by atoms with E-state index in [0.29, 0.717) is 18.1 Å². The van der Waals surface area contributed by atoms with Crippen molar-refractivity contribution >= 4 is 27.5 Å². The van der Waals surface area contributed by atoms with Crippen molar-refractivity contribution in [3.63, 3.8) is 0 Å². The molecule has 4 nitrogen and oxygen atoms in total. The summed E-state index contributed by atoms with van der Waals surface area (Å²) < 4.78 is 1.02. The lowest BCUT2D eigenvalue weighted by atomic mass is 10.2. The smallest absolute Gasteiger partial charge is 0.281 e. The molecule has 3 aromatic rings. The van der Waals surface area contributed by atoms with Crippen molar-refractivity contribution in [2.45, 2.75) is 6.54 Å². The molecular weight excluding hydrogens is 330 g/mol. The van der Waals surface area contributed by atoms with Crippen molar-refractivity contribution in [2.24, 2.45) is 0 Å². The molecule has 0 aliphatic rings. The van der Waals surface area contributed by atoms with Crippen LogP contribution in [-0.2, 0) is 6.54 Å². The third-order valence-electron chi connectivity index (χ3n) is 3.59. The molecule has 0 fully saturated rings. The first-order chi connectivity index (χ1) is 12.2. The van der Waals surface area contributed by atoms with E-state index in [1.165, 1.54) is 16.9 Å². The van der Waals surface area contributed by atoms with Gasteiger partial charge in [-0.2, -0.15) is 0 Å². The number of benzene rings is 2. The van der Waals surface area contributed by atoms with Crippen LogP contribution >= 0.6 is 11.3 Å². The first kappa shape index (κ1) is 17.2. The number of amides is 1. The summed E-state index contributed by atoms with van der Waals surface area (Å²) in [5, 5.41) is 3.28. The number of fused-ring (bicyclic) bond motifs is 1. The number of rotatable bonds is 5. The van der Waals surface area contributed by atoms with Gasteiger partial charge in [0, 0.05) is 6.54 Å². The average molecular weight is 349 g/mol. The van der Waals surface area contributed by atoms with Gasteiger partial charge < -0.3 is 5.32 Å². The molecule has 0 saturated heterocycles. The molecule has 2 aromatic carbocycles. The zero-order valence-corrected chi connectivity index (χ0v) is 14.8. The van der Waals surface area contributed by atoms with E-state index in [0.717, 1.165) is 16.8 Å². The SMILES string of the molecule is CN(CC#CCNC(=O)c1nc2ccccc2s1)Cc1ccccc1. The molecule has 0 unspecified atom stereocenters. The van der Waals surface area contributed by atoms with E-state index in [1.807, 2.05) is 49.5 Å². The minimum absolute atomic E-state index is 0.173. The van der Waals surface area contributed by atoms with Crippen molar-refractivity contribution in [2.75, 3.05) is 20.1 Å². The van der Waals surface area contributed by atoms with Crippen molar-refractivity contribution in [1.29, 1.82) is 0 Å². The highest BCUT2D eigenvalue weighted by atomic mass is 32.1. The van der Waals surface area contributed by atoms with Crippen LogP contribution in [0.15, 0.2) is 54.6 Å². The van der Waals surface area contributed by atoms with Crippen LogP contribution in [0.5, 0.6) is 0 Å². The Kier molecular flexibility index (Phi) is 5.78. The van der Waals surface area contributed by atoms with Crippen LogP contribution in [0.2, 0.25) is 0 Å². The zero-order valence-electron chi connectivity index (χ0n) is 14.0. The van der Waals surface area contributed by atoms with Crippen LogP contribution in [0.4, 0.5) is 0 Å². The Balaban J connectivity index is 1.45. The maximum atomic E-state index is 12.1. The van der Waals surface area contributed by atoms with Crippen LogP contribution in [-0.4, -0.2) is 35.9 Å². The predicted octanol–water partition coefficient (Wildman–Crippen LogP) is 3.16. The Morgan fingerprint density at radius 3 is 2.68 bits per heavy atom. The van der Waals surface area contributed by atoms with Gasteiger partial charge in [-0.1, -0.05) is 54.3 Å². The van der Waals surface area contributed by atoms with Gasteiger partial charge in [-0.3, -0.25) is 9.69 Å². The molecule has 1 amide bonds. The van der Waals surface area contributed by atoms with Gasteiger partial charge in [0.05, 0.1) is 23.3 Å². The molecule has 0 aliphatic heterocycles. The molecule has 1 heterocycles. The van der Waals surface area contributed by atoms with Gasteiger partial charge in [0.1, 0.15) is 0 Å². The molecule has 1 aromatic heterocycles. The number of carbonyl (C=O) groups is 1. The third kappa shape index (κ3) is 4.90. The zero-order chi connectivity index (χ0) is 17.5. The van der Waals surface area contributed by atoms with Gasteiger partial charge in [-0.15, -0.1) is 11.3 Å². The second kappa shape index (κ2) is 8.43. The number of nitrogens with zero attached hydrogens (tertiary/aromatic N) is 2. The van der Waals surface area contributed by atoms with Gasteiger partial charge >= 0.3 is 0 Å². The predicted molar refractivity (Wildman–Crippen MR) is 103 cm³/mol. The minimum atomic E-state index is -0.173. The number of aromatic nitrogens is 1. The number of hydrogen-bond donors (Lipinski definition) is 1. The lowest BCUT2D eigenvalue weighted by Gasteiger charge is -2.12. The number of para-hydroxylation sites is 1. The Morgan fingerprint density at radius 2 is 1.88 bits per heavy atom. The van der Waals surface area contributed by atoms with Crippen molar-refractivity contribution < 1.29 is 4.79 Å². The molecule has 25 heavy (non-hydrogen) atoms. The lowest BCUT2D eigenvalue weighted by molar-refractivity contribution is 0.0958. The fourth-order valence-electron chi connectivity index (χ4n) is 2.37. The summed E-state index contributed by atoms with van der Waals surface area (Å²) in [6, 6.07) is 18.0. The summed E-state index contributed by atoms with van der Waals surface area (Å²) in [7, 11) is 2.03. The second-order valence-corrected chi connectivity index (χ2v) is 6.71. The van der Waals surface area contributed by atoms with Crippen molar-refractivity contribution in [1.82, 2.24) is 15.2 Å². The van der Waals surface area contributed by atoms with Crippen LogP contribution in [0.25, 0.3) is 10.2 Å². The molecule has 1 N–H and O–H groups in total. The molecule has 0 atom stereocenters. The second-order valence-electron chi connectivity index (χ2n) is 5.68. The number of carbonyl (C=O) groups excluding carboxylic acids is 1. The normalized spacial score (nSPS) is 10.5. The van der Waals surface area contributed by atoms with Gasteiger partial charge in [-0.25, -0.2) is 4.98 Å². The summed E-state index contributed by atoms with van der Waals surface area (Å²) in [6.45, 7) is 1.84. The molecular formula is C20H19N3OS.